The molecular weight excluding hydrogens is 690 g/mol. The van der Waals surface area contributed by atoms with Gasteiger partial charge in [-0.3, -0.25) is 19.2 Å². The van der Waals surface area contributed by atoms with E-state index in [4.69, 9.17) is 18.9 Å². The fourth-order valence-electron chi connectivity index (χ4n) is 9.01. The minimum atomic E-state index is -2.38. The van der Waals surface area contributed by atoms with Crippen molar-refractivity contribution < 1.29 is 63.0 Å². The van der Waals surface area contributed by atoms with Crippen molar-refractivity contribution in [2.45, 2.75) is 95.2 Å². The molecule has 2 bridgehead atoms. The highest BCUT2D eigenvalue weighted by Crippen LogP contribution is 2.63. The van der Waals surface area contributed by atoms with Crippen LogP contribution in [0.25, 0.3) is 0 Å². The second-order valence-electron chi connectivity index (χ2n) is 15.1. The van der Waals surface area contributed by atoms with Crippen molar-refractivity contribution in [3.8, 4) is 0 Å². The van der Waals surface area contributed by atoms with E-state index in [0.29, 0.717) is 12.0 Å². The predicted molar refractivity (Wildman–Crippen MR) is 182 cm³/mol. The van der Waals surface area contributed by atoms with Crippen LogP contribution >= 0.6 is 0 Å². The minimum Gasteiger partial charge on any atom is -0.456 e. The van der Waals surface area contributed by atoms with E-state index in [1.165, 1.54) is 39.8 Å². The first-order valence-electron chi connectivity index (χ1n) is 17.4. The summed E-state index contributed by atoms with van der Waals surface area (Å²) < 4.78 is 23.8. The topological polar surface area (TPSA) is 212 Å². The van der Waals surface area contributed by atoms with Crippen molar-refractivity contribution in [3.63, 3.8) is 0 Å². The van der Waals surface area contributed by atoms with Gasteiger partial charge in [-0.25, -0.2) is 9.59 Å². The number of ether oxygens (including phenoxy) is 4. The molecule has 10 atom stereocenters. The fourth-order valence-corrected chi connectivity index (χ4v) is 9.01. The van der Waals surface area contributed by atoms with Gasteiger partial charge in [0.25, 0.3) is 0 Å². The van der Waals surface area contributed by atoms with Crippen LogP contribution in [-0.2, 0) is 42.9 Å². The zero-order valence-corrected chi connectivity index (χ0v) is 29.9. The Labute approximate surface area is 305 Å². The predicted octanol–water partition coefficient (Wildman–Crippen LogP) is 1.69. The third kappa shape index (κ3) is 5.79. The zero-order valence-electron chi connectivity index (χ0n) is 29.9. The number of esters is 3. The number of carbonyl (C=O) groups is 6. The standard InChI is InChI=1S/C39H43NO13/c1-20-24(51-35(48)30(45)28(40-19-41)22-12-8-6-9-13-22)17-39(49)33(52-34(47)23-14-10-7-11-15-23)31-37(5,32(46)29(44)27(20)36(39,3)4)25(43)16-26-38(31,18-50-26)53-21(2)42/h6-15,19,24-26,28,30-31,33,43,45,49H,16-18H2,1-5H3,(H,40,41)/t24-,25+,26+,28-,30+,31-,33-,37+,38-,39+/m0/s1. The second-order valence-corrected chi connectivity index (χ2v) is 15.1. The molecule has 1 heterocycles. The van der Waals surface area contributed by atoms with Crippen molar-refractivity contribution >= 4 is 35.9 Å². The summed E-state index contributed by atoms with van der Waals surface area (Å²) in [5, 5.41) is 38.6. The molecule has 53 heavy (non-hydrogen) atoms. The number of hydrogen-bond donors (Lipinski definition) is 4. The van der Waals surface area contributed by atoms with Crippen LogP contribution in [0, 0.1) is 16.7 Å². The molecule has 3 aliphatic carbocycles. The first kappa shape index (κ1) is 38.0. The van der Waals surface area contributed by atoms with Crippen molar-refractivity contribution in [1.82, 2.24) is 5.32 Å². The van der Waals surface area contributed by atoms with Crippen LogP contribution in [0.5, 0.6) is 0 Å². The largest absolute Gasteiger partial charge is 0.456 e. The number of hydrogen-bond acceptors (Lipinski definition) is 13. The highest BCUT2D eigenvalue weighted by atomic mass is 16.6. The molecule has 2 aromatic carbocycles. The quantitative estimate of drug-likeness (QED) is 0.125. The van der Waals surface area contributed by atoms with Crippen LogP contribution in [0.4, 0.5) is 0 Å². The second kappa shape index (κ2) is 13.6. The number of benzene rings is 2. The minimum absolute atomic E-state index is 0.0721. The molecule has 1 aliphatic heterocycles. The van der Waals surface area contributed by atoms with E-state index in [0.717, 1.165) is 6.92 Å². The molecule has 4 aliphatic rings. The molecule has 14 nitrogen and oxygen atoms in total. The zero-order chi connectivity index (χ0) is 38.7. The van der Waals surface area contributed by atoms with Crippen LogP contribution in [0.15, 0.2) is 71.8 Å². The van der Waals surface area contributed by atoms with Gasteiger partial charge in [0.1, 0.15) is 23.9 Å². The fraction of sp³-hybridized carbons (Fsp3) is 0.487. The molecule has 1 amide bonds. The van der Waals surface area contributed by atoms with Crippen LogP contribution in [0.1, 0.15) is 69.4 Å². The molecule has 282 valence electrons. The van der Waals surface area contributed by atoms with Gasteiger partial charge >= 0.3 is 17.9 Å². The Morgan fingerprint density at radius 3 is 2.19 bits per heavy atom. The highest BCUT2D eigenvalue weighted by molar-refractivity contribution is 6.46. The molecular formula is C39H43NO13. The Morgan fingerprint density at radius 1 is 1.00 bits per heavy atom. The number of aliphatic hydroxyl groups is 3. The lowest BCUT2D eigenvalue weighted by Gasteiger charge is -2.66. The van der Waals surface area contributed by atoms with Gasteiger partial charge in [0.15, 0.2) is 11.7 Å². The molecule has 0 radical (unpaired) electrons. The van der Waals surface area contributed by atoms with Crippen molar-refractivity contribution in [2.75, 3.05) is 6.61 Å². The molecule has 1 saturated heterocycles. The molecule has 14 heteroatoms. The lowest BCUT2D eigenvalue weighted by atomic mass is 9.45. The van der Waals surface area contributed by atoms with Crippen LogP contribution in [0.2, 0.25) is 0 Å². The summed E-state index contributed by atoms with van der Waals surface area (Å²) in [4.78, 5) is 81.2. The van der Waals surface area contributed by atoms with Gasteiger partial charge < -0.3 is 39.6 Å². The number of ketones is 2. The van der Waals surface area contributed by atoms with Gasteiger partial charge in [-0.05, 0) is 37.1 Å². The van der Waals surface area contributed by atoms with Gasteiger partial charge in [-0.1, -0.05) is 62.4 Å². The van der Waals surface area contributed by atoms with E-state index >= 15 is 0 Å². The highest BCUT2D eigenvalue weighted by Gasteiger charge is 2.78. The van der Waals surface area contributed by atoms with Gasteiger partial charge in [0.05, 0.1) is 35.6 Å². The summed E-state index contributed by atoms with van der Waals surface area (Å²) in [5.41, 5.74) is -7.63. The lowest BCUT2D eigenvalue weighted by Crippen LogP contribution is -2.81. The smallest absolute Gasteiger partial charge is 0.338 e. The van der Waals surface area contributed by atoms with Crippen LogP contribution in [0.3, 0.4) is 0 Å². The normalized spacial score (nSPS) is 34.1. The Bertz CT molecular complexity index is 1860. The van der Waals surface area contributed by atoms with E-state index in [1.807, 2.05) is 0 Å². The van der Waals surface area contributed by atoms with Gasteiger partial charge in [0, 0.05) is 30.8 Å². The molecule has 0 unspecified atom stereocenters. The van der Waals surface area contributed by atoms with Crippen molar-refractivity contribution in [1.29, 1.82) is 0 Å². The number of carbonyl (C=O) groups excluding carboxylic acids is 6. The Balaban J connectivity index is 1.53. The summed E-state index contributed by atoms with van der Waals surface area (Å²) in [6, 6.07) is 14.7. The Kier molecular flexibility index (Phi) is 9.73. The average molecular weight is 734 g/mol. The maximum absolute atomic E-state index is 14.7. The number of fused-ring (bicyclic) bond motifs is 5. The van der Waals surface area contributed by atoms with E-state index in [1.54, 1.807) is 48.5 Å². The SMILES string of the molecule is CC(=O)O[C@@]12CO[C@@H]1C[C@@H](O)[C@@]1(C)C(=O)C(=O)C3=C(C)[C@@H](OC(=O)[C@H](O)[C@@H](NC=O)c4ccccc4)C[C@@](O)([C@@H](OC(=O)c4ccccc4)[C@H]21)C3(C)C. The number of nitrogens with one attached hydrogen (secondary N) is 1. The number of Topliss-reactive ketones (excluding diaryl/α,β-unsaturated/α-hetero) is 2. The number of aliphatic hydroxyl groups excluding tert-OH is 2. The molecule has 2 aromatic rings. The third-order valence-corrected chi connectivity index (χ3v) is 11.9. The number of amides is 1. The maximum atomic E-state index is 14.7. The van der Waals surface area contributed by atoms with E-state index in [2.05, 4.69) is 5.32 Å². The molecule has 0 spiro atoms. The maximum Gasteiger partial charge on any atom is 0.338 e. The molecule has 2 saturated carbocycles. The molecule has 3 fully saturated rings. The monoisotopic (exact) mass is 733 g/mol. The number of rotatable bonds is 9. The van der Waals surface area contributed by atoms with Crippen LogP contribution < -0.4 is 5.32 Å². The summed E-state index contributed by atoms with van der Waals surface area (Å²) in [7, 11) is 0. The molecule has 0 aromatic heterocycles. The Morgan fingerprint density at radius 2 is 1.62 bits per heavy atom. The van der Waals surface area contributed by atoms with Gasteiger partial charge in [-0.2, -0.15) is 0 Å². The molecule has 4 N–H and O–H groups in total. The van der Waals surface area contributed by atoms with E-state index < -0.39 is 100 Å². The Hall–Kier alpha value is -4.76. The van der Waals surface area contributed by atoms with Gasteiger partial charge in [0.2, 0.25) is 18.0 Å². The summed E-state index contributed by atoms with van der Waals surface area (Å²) in [6.07, 6.45) is -8.28. The first-order chi connectivity index (χ1) is 25.0. The summed E-state index contributed by atoms with van der Waals surface area (Å²) in [6.45, 7) is 6.59. The van der Waals surface area contributed by atoms with Crippen molar-refractivity contribution in [3.05, 3.63) is 82.9 Å². The third-order valence-electron chi connectivity index (χ3n) is 11.9. The lowest BCUT2D eigenvalue weighted by molar-refractivity contribution is -0.343. The van der Waals surface area contributed by atoms with E-state index in [9.17, 15) is 44.1 Å². The van der Waals surface area contributed by atoms with Crippen molar-refractivity contribution in [2.24, 2.45) is 16.7 Å². The summed E-state index contributed by atoms with van der Waals surface area (Å²) in [5.74, 6) is -6.68. The summed E-state index contributed by atoms with van der Waals surface area (Å²) >= 11 is 0. The van der Waals surface area contributed by atoms with Crippen LogP contribution in [-0.4, -0.2) is 99.5 Å². The molecule has 6 rings (SSSR count). The van der Waals surface area contributed by atoms with Gasteiger partial charge in [-0.15, -0.1) is 0 Å². The average Bonchev–Trinajstić information content (AvgIpc) is 3.12. The van der Waals surface area contributed by atoms with E-state index in [-0.39, 0.29) is 29.7 Å². The first-order valence-corrected chi connectivity index (χ1v) is 17.4.